The van der Waals surface area contributed by atoms with Crippen LogP contribution in [-0.4, -0.2) is 46.5 Å². The number of aryl methyl sites for hydroxylation is 1. The number of benzene rings is 1. The summed E-state index contributed by atoms with van der Waals surface area (Å²) < 4.78 is 28.8. The summed E-state index contributed by atoms with van der Waals surface area (Å²) in [6.07, 6.45) is 1.67. The first kappa shape index (κ1) is 23.2. The highest BCUT2D eigenvalue weighted by molar-refractivity contribution is 7.89. The van der Waals surface area contributed by atoms with Crippen LogP contribution in [0.3, 0.4) is 0 Å². The van der Waals surface area contributed by atoms with Crippen molar-refractivity contribution < 1.29 is 13.2 Å². The van der Waals surface area contributed by atoms with Gasteiger partial charge in [-0.15, -0.1) is 0 Å². The molecule has 0 saturated carbocycles. The molecule has 1 amide bonds. The van der Waals surface area contributed by atoms with Crippen LogP contribution in [0.2, 0.25) is 5.02 Å². The number of anilines is 1. The van der Waals surface area contributed by atoms with Crippen molar-refractivity contribution in [3.63, 3.8) is 0 Å². The van der Waals surface area contributed by atoms with Crippen LogP contribution in [0.5, 0.6) is 0 Å². The Hall–Kier alpha value is -2.49. The molecule has 10 heteroatoms. The van der Waals surface area contributed by atoms with Crippen molar-refractivity contribution in [3.8, 4) is 0 Å². The average Bonchev–Trinajstić information content (AvgIpc) is 3.12. The smallest absolute Gasteiger partial charge is 0.257 e. The lowest BCUT2D eigenvalue weighted by Gasteiger charge is -2.19. The van der Waals surface area contributed by atoms with E-state index in [1.165, 1.54) is 22.5 Å². The molecule has 0 aliphatic carbocycles. The molecule has 0 unspecified atom stereocenters. The summed E-state index contributed by atoms with van der Waals surface area (Å²) >= 11 is 6.25. The molecule has 2 heterocycles. The molecule has 166 valence electrons. The van der Waals surface area contributed by atoms with Crippen LogP contribution < -0.4 is 5.32 Å². The predicted molar refractivity (Wildman–Crippen MR) is 122 cm³/mol. The second-order valence-electron chi connectivity index (χ2n) is 7.40. The predicted octanol–water partition coefficient (Wildman–Crippen LogP) is 4.26. The largest absolute Gasteiger partial charge is 0.321 e. The van der Waals surface area contributed by atoms with Crippen molar-refractivity contribution in [2.45, 2.75) is 45.6 Å². The first-order valence-corrected chi connectivity index (χ1v) is 11.9. The lowest BCUT2D eigenvalue weighted by molar-refractivity contribution is 0.102. The summed E-state index contributed by atoms with van der Waals surface area (Å²) in [5.41, 5.74) is 1.82. The van der Waals surface area contributed by atoms with Gasteiger partial charge in [0.1, 0.15) is 0 Å². The fourth-order valence-electron chi connectivity index (χ4n) is 3.34. The quantitative estimate of drug-likeness (QED) is 0.564. The number of fused-ring (bicyclic) bond motifs is 1. The standard InChI is InChI=1S/C21H26ClN5O3S/c1-6-26(7-2)31(29,30)16-8-9-18(22)19(11-16)25-21(28)17-10-15-12-23-27(13(3)4)20(15)24-14(17)5/h8-13H,6-7H2,1-5H3,(H,25,28). The number of carbonyl (C=O) groups excluding carboxylic acids is 1. The normalized spacial score (nSPS) is 12.1. The minimum atomic E-state index is -3.68. The summed E-state index contributed by atoms with van der Waals surface area (Å²) in [4.78, 5) is 17.6. The van der Waals surface area contributed by atoms with Gasteiger partial charge in [-0.3, -0.25) is 4.79 Å². The number of hydrogen-bond acceptors (Lipinski definition) is 5. The van der Waals surface area contributed by atoms with E-state index in [2.05, 4.69) is 15.4 Å². The van der Waals surface area contributed by atoms with E-state index in [-0.39, 0.29) is 21.6 Å². The number of nitrogens with zero attached hydrogens (tertiary/aromatic N) is 4. The molecule has 0 fully saturated rings. The van der Waals surface area contributed by atoms with E-state index in [1.54, 1.807) is 37.7 Å². The Balaban J connectivity index is 1.96. The Kier molecular flexibility index (Phi) is 6.68. The fraction of sp³-hybridized carbons (Fsp3) is 0.381. The van der Waals surface area contributed by atoms with E-state index in [1.807, 2.05) is 13.8 Å². The van der Waals surface area contributed by atoms with Crippen LogP contribution in [0.15, 0.2) is 35.4 Å². The Labute approximate surface area is 187 Å². The molecule has 0 aliphatic heterocycles. The maximum Gasteiger partial charge on any atom is 0.257 e. The van der Waals surface area contributed by atoms with Crippen LogP contribution in [0, 0.1) is 6.92 Å². The van der Waals surface area contributed by atoms with Gasteiger partial charge in [0, 0.05) is 24.5 Å². The van der Waals surface area contributed by atoms with Crippen LogP contribution in [0.25, 0.3) is 11.0 Å². The number of nitrogens with one attached hydrogen (secondary N) is 1. The molecule has 3 aromatic rings. The molecule has 31 heavy (non-hydrogen) atoms. The fourth-order valence-corrected chi connectivity index (χ4v) is 4.99. The number of sulfonamides is 1. The summed E-state index contributed by atoms with van der Waals surface area (Å²) in [5, 5.41) is 8.05. The Morgan fingerprint density at radius 2 is 1.90 bits per heavy atom. The number of rotatable bonds is 7. The van der Waals surface area contributed by atoms with E-state index in [0.29, 0.717) is 30.0 Å². The third-order valence-electron chi connectivity index (χ3n) is 5.02. The highest BCUT2D eigenvalue weighted by Crippen LogP contribution is 2.28. The molecule has 0 aliphatic rings. The number of halogens is 1. The van der Waals surface area contributed by atoms with Gasteiger partial charge in [0.2, 0.25) is 10.0 Å². The average molecular weight is 464 g/mol. The zero-order valence-corrected chi connectivity index (χ0v) is 19.8. The van der Waals surface area contributed by atoms with Crippen LogP contribution in [0.4, 0.5) is 5.69 Å². The third-order valence-corrected chi connectivity index (χ3v) is 7.40. The number of aromatic nitrogens is 3. The number of hydrogen-bond donors (Lipinski definition) is 1. The van der Waals surface area contributed by atoms with E-state index in [4.69, 9.17) is 11.6 Å². The minimum absolute atomic E-state index is 0.0689. The molecule has 8 nitrogen and oxygen atoms in total. The lowest BCUT2D eigenvalue weighted by atomic mass is 10.1. The van der Waals surface area contributed by atoms with Crippen LogP contribution in [-0.2, 0) is 10.0 Å². The Morgan fingerprint density at radius 3 is 2.52 bits per heavy atom. The van der Waals surface area contributed by atoms with E-state index in [0.717, 1.165) is 5.39 Å². The SMILES string of the molecule is CCN(CC)S(=O)(=O)c1ccc(Cl)c(NC(=O)c2cc3cnn(C(C)C)c3nc2C)c1. The molecule has 1 aromatic carbocycles. The van der Waals surface area contributed by atoms with Crippen LogP contribution in [0.1, 0.15) is 49.8 Å². The molecule has 2 aromatic heterocycles. The Bertz CT molecular complexity index is 1230. The van der Waals surface area contributed by atoms with Crippen molar-refractivity contribution in [3.05, 3.63) is 46.7 Å². The molecule has 0 spiro atoms. The van der Waals surface area contributed by atoms with Gasteiger partial charge in [0.05, 0.1) is 33.1 Å². The molecule has 0 radical (unpaired) electrons. The first-order valence-electron chi connectivity index (χ1n) is 10.1. The summed E-state index contributed by atoms with van der Waals surface area (Å²) in [6.45, 7) is 9.99. The highest BCUT2D eigenvalue weighted by atomic mass is 35.5. The van der Waals surface area contributed by atoms with Gasteiger partial charge in [-0.1, -0.05) is 25.4 Å². The van der Waals surface area contributed by atoms with Crippen molar-refractivity contribution in [2.24, 2.45) is 0 Å². The van der Waals surface area contributed by atoms with Gasteiger partial charge >= 0.3 is 0 Å². The first-order chi connectivity index (χ1) is 14.6. The molecule has 1 N–H and O–H groups in total. The lowest BCUT2D eigenvalue weighted by Crippen LogP contribution is -2.30. The summed E-state index contributed by atoms with van der Waals surface area (Å²) in [7, 11) is -3.68. The monoisotopic (exact) mass is 463 g/mol. The Morgan fingerprint density at radius 1 is 1.23 bits per heavy atom. The van der Waals surface area contributed by atoms with Crippen LogP contribution >= 0.6 is 11.6 Å². The number of amides is 1. The maximum atomic E-state index is 13.0. The molecular weight excluding hydrogens is 438 g/mol. The number of pyridine rings is 1. The molecular formula is C21H26ClN5O3S. The van der Waals surface area contributed by atoms with Crippen molar-refractivity contribution >= 4 is 44.3 Å². The minimum Gasteiger partial charge on any atom is -0.321 e. The molecule has 0 atom stereocenters. The molecule has 0 bridgehead atoms. The summed E-state index contributed by atoms with van der Waals surface area (Å²) in [5.74, 6) is -0.427. The van der Waals surface area contributed by atoms with E-state index < -0.39 is 15.9 Å². The van der Waals surface area contributed by atoms with E-state index >= 15 is 0 Å². The molecule has 3 rings (SSSR count). The van der Waals surface area contributed by atoms with Gasteiger partial charge in [-0.05, 0) is 45.0 Å². The van der Waals surface area contributed by atoms with Gasteiger partial charge in [-0.2, -0.15) is 9.40 Å². The topological polar surface area (TPSA) is 97.2 Å². The van der Waals surface area contributed by atoms with Gasteiger partial charge < -0.3 is 5.32 Å². The zero-order valence-electron chi connectivity index (χ0n) is 18.2. The van der Waals surface area contributed by atoms with E-state index in [9.17, 15) is 13.2 Å². The van der Waals surface area contributed by atoms with Gasteiger partial charge in [0.15, 0.2) is 5.65 Å². The summed E-state index contributed by atoms with van der Waals surface area (Å²) in [6, 6.07) is 6.15. The third kappa shape index (κ3) is 4.44. The van der Waals surface area contributed by atoms with Crippen molar-refractivity contribution in [1.82, 2.24) is 19.1 Å². The van der Waals surface area contributed by atoms with Crippen molar-refractivity contribution in [1.29, 1.82) is 0 Å². The zero-order chi connectivity index (χ0) is 22.9. The highest BCUT2D eigenvalue weighted by Gasteiger charge is 2.23. The van der Waals surface area contributed by atoms with Crippen molar-refractivity contribution in [2.75, 3.05) is 18.4 Å². The number of carbonyl (C=O) groups is 1. The van der Waals surface area contributed by atoms with Gasteiger partial charge in [0.25, 0.3) is 5.91 Å². The van der Waals surface area contributed by atoms with Gasteiger partial charge in [-0.25, -0.2) is 18.1 Å². The maximum absolute atomic E-state index is 13.0. The second-order valence-corrected chi connectivity index (χ2v) is 9.75. The molecule has 0 saturated heterocycles. The second kappa shape index (κ2) is 8.94.